The van der Waals surface area contributed by atoms with E-state index in [1.165, 1.54) is 5.56 Å². The fourth-order valence-electron chi connectivity index (χ4n) is 3.98. The Kier molecular flexibility index (Phi) is 8.19. The van der Waals surface area contributed by atoms with E-state index in [1.807, 2.05) is 17.0 Å². The van der Waals surface area contributed by atoms with Crippen LogP contribution in [0.3, 0.4) is 0 Å². The van der Waals surface area contributed by atoms with Gasteiger partial charge in [0.05, 0.1) is 14.2 Å². The molecule has 0 bridgehead atoms. The number of carbonyl (C=O) groups excluding carboxylic acids is 1. The van der Waals surface area contributed by atoms with Crippen LogP contribution in [0.25, 0.3) is 0 Å². The number of amides is 1. The molecule has 1 unspecified atom stereocenters. The second-order valence-corrected chi connectivity index (χ2v) is 7.58. The molecule has 1 aromatic carbocycles. The molecule has 1 atom stereocenters. The number of benzene rings is 1. The van der Waals surface area contributed by atoms with Crippen molar-refractivity contribution in [1.82, 2.24) is 15.1 Å². The fourth-order valence-corrected chi connectivity index (χ4v) is 3.98. The number of methoxy groups -OCH3 is 2. The lowest BCUT2D eigenvalue weighted by Gasteiger charge is -2.37. The van der Waals surface area contributed by atoms with Gasteiger partial charge in [0.2, 0.25) is 0 Å². The van der Waals surface area contributed by atoms with Gasteiger partial charge in [0.15, 0.2) is 17.5 Å². The van der Waals surface area contributed by atoms with Gasteiger partial charge in [0, 0.05) is 46.4 Å². The zero-order valence-electron chi connectivity index (χ0n) is 18.4. The molecule has 0 saturated carbocycles. The second kappa shape index (κ2) is 11.1. The van der Waals surface area contributed by atoms with E-state index >= 15 is 0 Å². The number of carbonyl (C=O) groups is 1. The summed E-state index contributed by atoms with van der Waals surface area (Å²) in [5.74, 6) is 2.54. The number of ether oxygens (including phenoxy) is 3. The second-order valence-electron chi connectivity index (χ2n) is 7.58. The van der Waals surface area contributed by atoms with Gasteiger partial charge < -0.3 is 29.3 Å². The normalized spacial score (nSPS) is 19.7. The molecule has 0 spiro atoms. The van der Waals surface area contributed by atoms with Crippen LogP contribution >= 0.6 is 0 Å². The number of guanidine groups is 1. The first kappa shape index (κ1) is 22.2. The van der Waals surface area contributed by atoms with Crippen LogP contribution in [-0.2, 0) is 16.0 Å². The number of aliphatic imine (C=N–C) groups is 1. The molecule has 0 radical (unpaired) electrons. The molecule has 166 valence electrons. The highest BCUT2D eigenvalue weighted by atomic mass is 16.5. The van der Waals surface area contributed by atoms with Crippen molar-refractivity contribution in [2.45, 2.75) is 31.8 Å². The van der Waals surface area contributed by atoms with Crippen molar-refractivity contribution < 1.29 is 19.0 Å². The summed E-state index contributed by atoms with van der Waals surface area (Å²) >= 11 is 0. The van der Waals surface area contributed by atoms with Crippen molar-refractivity contribution >= 4 is 11.9 Å². The van der Waals surface area contributed by atoms with Gasteiger partial charge in [0.1, 0.15) is 6.10 Å². The van der Waals surface area contributed by atoms with Crippen LogP contribution in [0.5, 0.6) is 11.5 Å². The lowest BCUT2D eigenvalue weighted by atomic mass is 10.1. The average Bonchev–Trinajstić information content (AvgIpc) is 3.33. The minimum Gasteiger partial charge on any atom is -0.493 e. The van der Waals surface area contributed by atoms with Crippen LogP contribution in [0.15, 0.2) is 23.2 Å². The highest BCUT2D eigenvalue weighted by Gasteiger charge is 2.30. The summed E-state index contributed by atoms with van der Waals surface area (Å²) in [5.41, 5.74) is 1.21. The monoisotopic (exact) mass is 418 g/mol. The summed E-state index contributed by atoms with van der Waals surface area (Å²) in [6.07, 6.45) is 3.52. The SMILES string of the molecule is CN=C(NCCCc1ccc(OC)c(OC)c1)N1CCN(C(=O)C2CCCO2)CC1. The van der Waals surface area contributed by atoms with Crippen LogP contribution < -0.4 is 14.8 Å². The Bertz CT molecular complexity index is 726. The smallest absolute Gasteiger partial charge is 0.251 e. The summed E-state index contributed by atoms with van der Waals surface area (Å²) in [6, 6.07) is 6.04. The van der Waals surface area contributed by atoms with Gasteiger partial charge in [-0.1, -0.05) is 6.07 Å². The van der Waals surface area contributed by atoms with E-state index in [-0.39, 0.29) is 12.0 Å². The van der Waals surface area contributed by atoms with Gasteiger partial charge in [-0.15, -0.1) is 0 Å². The summed E-state index contributed by atoms with van der Waals surface area (Å²) in [6.45, 7) is 4.53. The van der Waals surface area contributed by atoms with E-state index < -0.39 is 0 Å². The molecule has 2 aliphatic heterocycles. The molecule has 0 aliphatic carbocycles. The van der Waals surface area contributed by atoms with Gasteiger partial charge >= 0.3 is 0 Å². The molecule has 1 aromatic rings. The summed E-state index contributed by atoms with van der Waals surface area (Å²) in [4.78, 5) is 21.1. The predicted molar refractivity (Wildman–Crippen MR) is 116 cm³/mol. The maximum atomic E-state index is 12.5. The number of nitrogens with one attached hydrogen (secondary N) is 1. The standard InChI is InChI=1S/C22H34N4O4/c1-23-22(24-10-4-6-17-8-9-18(28-2)20(16-17)29-3)26-13-11-25(12-14-26)21(27)19-7-5-15-30-19/h8-9,16,19H,4-7,10-15H2,1-3H3,(H,23,24). The Morgan fingerprint density at radius 2 is 1.90 bits per heavy atom. The van der Waals surface area contributed by atoms with E-state index in [0.29, 0.717) is 19.7 Å². The molecule has 8 nitrogen and oxygen atoms in total. The van der Waals surface area contributed by atoms with Crippen LogP contribution in [0.4, 0.5) is 0 Å². The third-order valence-corrected chi connectivity index (χ3v) is 5.68. The number of nitrogens with zero attached hydrogens (tertiary/aromatic N) is 3. The Balaban J connectivity index is 1.40. The Hall–Kier alpha value is -2.48. The molecule has 3 rings (SSSR count). The van der Waals surface area contributed by atoms with Crippen molar-refractivity contribution in [3.63, 3.8) is 0 Å². The lowest BCUT2D eigenvalue weighted by Crippen LogP contribution is -2.55. The molecule has 2 heterocycles. The number of piperazine rings is 1. The molecular formula is C22H34N4O4. The molecular weight excluding hydrogens is 384 g/mol. The minimum absolute atomic E-state index is 0.144. The van der Waals surface area contributed by atoms with Gasteiger partial charge in [-0.25, -0.2) is 0 Å². The van der Waals surface area contributed by atoms with Crippen molar-refractivity contribution in [1.29, 1.82) is 0 Å². The largest absolute Gasteiger partial charge is 0.493 e. The first-order chi connectivity index (χ1) is 14.7. The zero-order chi connectivity index (χ0) is 21.3. The Labute approximate surface area is 179 Å². The minimum atomic E-state index is -0.231. The predicted octanol–water partition coefficient (Wildman–Crippen LogP) is 1.53. The van der Waals surface area contributed by atoms with Crippen molar-refractivity contribution in [3.05, 3.63) is 23.8 Å². The molecule has 1 amide bonds. The van der Waals surface area contributed by atoms with E-state index in [0.717, 1.165) is 62.8 Å². The van der Waals surface area contributed by atoms with Gasteiger partial charge in [-0.05, 0) is 43.4 Å². The summed E-state index contributed by atoms with van der Waals surface area (Å²) in [7, 11) is 5.10. The molecule has 0 aromatic heterocycles. The van der Waals surface area contributed by atoms with Gasteiger partial charge in [0.25, 0.3) is 5.91 Å². The molecule has 2 saturated heterocycles. The zero-order valence-corrected chi connectivity index (χ0v) is 18.4. The third-order valence-electron chi connectivity index (χ3n) is 5.68. The molecule has 8 heteroatoms. The maximum absolute atomic E-state index is 12.5. The molecule has 30 heavy (non-hydrogen) atoms. The first-order valence-corrected chi connectivity index (χ1v) is 10.7. The van der Waals surface area contributed by atoms with Crippen LogP contribution in [0.2, 0.25) is 0 Å². The first-order valence-electron chi connectivity index (χ1n) is 10.7. The van der Waals surface area contributed by atoms with Gasteiger partial charge in [-0.2, -0.15) is 0 Å². The van der Waals surface area contributed by atoms with E-state index in [2.05, 4.69) is 21.3 Å². The highest BCUT2D eigenvalue weighted by molar-refractivity contribution is 5.82. The van der Waals surface area contributed by atoms with Crippen LogP contribution in [0, 0.1) is 0 Å². The van der Waals surface area contributed by atoms with Crippen molar-refractivity contribution in [3.8, 4) is 11.5 Å². The number of rotatable bonds is 7. The number of aryl methyl sites for hydroxylation is 1. The quantitative estimate of drug-likeness (QED) is 0.411. The maximum Gasteiger partial charge on any atom is 0.251 e. The molecule has 1 N–H and O–H groups in total. The lowest BCUT2D eigenvalue weighted by molar-refractivity contribution is -0.142. The van der Waals surface area contributed by atoms with Crippen LogP contribution in [-0.4, -0.2) is 88.4 Å². The average molecular weight is 419 g/mol. The Morgan fingerprint density at radius 3 is 2.53 bits per heavy atom. The third kappa shape index (κ3) is 5.56. The van der Waals surface area contributed by atoms with Crippen LogP contribution in [0.1, 0.15) is 24.8 Å². The molecule has 2 fully saturated rings. The fraction of sp³-hybridized carbons (Fsp3) is 0.636. The summed E-state index contributed by atoms with van der Waals surface area (Å²) < 4.78 is 16.2. The summed E-state index contributed by atoms with van der Waals surface area (Å²) in [5, 5.41) is 3.45. The highest BCUT2D eigenvalue weighted by Crippen LogP contribution is 2.27. The molecule has 2 aliphatic rings. The van der Waals surface area contributed by atoms with Crippen molar-refractivity contribution in [2.75, 3.05) is 60.6 Å². The number of hydrogen-bond acceptors (Lipinski definition) is 5. The topological polar surface area (TPSA) is 75.6 Å². The number of hydrogen-bond donors (Lipinski definition) is 1. The van der Waals surface area contributed by atoms with E-state index in [9.17, 15) is 4.79 Å². The Morgan fingerprint density at radius 1 is 1.17 bits per heavy atom. The van der Waals surface area contributed by atoms with Crippen molar-refractivity contribution in [2.24, 2.45) is 4.99 Å². The van der Waals surface area contributed by atoms with E-state index in [4.69, 9.17) is 14.2 Å². The van der Waals surface area contributed by atoms with E-state index in [1.54, 1.807) is 21.3 Å². The van der Waals surface area contributed by atoms with Gasteiger partial charge in [-0.3, -0.25) is 9.79 Å².